The standard InChI is InChI=1S/C12H17NOS/c1-3-4-5-8-13-9-11-6-7-12(14-11)10-15-2/h6-7,13H,5,8-10H2,1-2H3. The van der Waals surface area contributed by atoms with Crippen LogP contribution in [0.25, 0.3) is 0 Å². The molecule has 0 spiro atoms. The molecule has 3 heteroatoms. The molecule has 1 aromatic heterocycles. The monoisotopic (exact) mass is 223 g/mol. The van der Waals surface area contributed by atoms with Crippen molar-refractivity contribution in [3.05, 3.63) is 23.7 Å². The van der Waals surface area contributed by atoms with E-state index in [1.807, 2.05) is 19.1 Å². The summed E-state index contributed by atoms with van der Waals surface area (Å²) in [5.74, 6) is 8.88. The van der Waals surface area contributed by atoms with Crippen LogP contribution in [0, 0.1) is 11.8 Å². The Morgan fingerprint density at radius 1 is 1.40 bits per heavy atom. The van der Waals surface area contributed by atoms with Gasteiger partial charge in [-0.25, -0.2) is 0 Å². The van der Waals surface area contributed by atoms with Gasteiger partial charge in [-0.2, -0.15) is 11.8 Å². The van der Waals surface area contributed by atoms with E-state index in [0.29, 0.717) is 0 Å². The van der Waals surface area contributed by atoms with Gasteiger partial charge in [0.15, 0.2) is 0 Å². The molecule has 0 aliphatic carbocycles. The molecule has 0 atom stereocenters. The summed E-state index contributed by atoms with van der Waals surface area (Å²) in [6.45, 7) is 3.57. The highest BCUT2D eigenvalue weighted by Gasteiger charge is 2.00. The molecule has 0 saturated carbocycles. The van der Waals surface area contributed by atoms with E-state index in [-0.39, 0.29) is 0 Å². The molecule has 1 heterocycles. The lowest BCUT2D eigenvalue weighted by Crippen LogP contribution is -2.13. The number of thioether (sulfide) groups is 1. The number of hydrogen-bond donors (Lipinski definition) is 1. The first-order chi connectivity index (χ1) is 7.36. The SMILES string of the molecule is CC#CCCNCc1ccc(CSC)o1. The summed E-state index contributed by atoms with van der Waals surface area (Å²) in [5.41, 5.74) is 0. The summed E-state index contributed by atoms with van der Waals surface area (Å²) < 4.78 is 5.61. The van der Waals surface area contributed by atoms with Crippen LogP contribution in [0.5, 0.6) is 0 Å². The van der Waals surface area contributed by atoms with E-state index in [0.717, 1.165) is 36.8 Å². The lowest BCUT2D eigenvalue weighted by Gasteiger charge is -1.98. The van der Waals surface area contributed by atoms with Gasteiger partial charge in [0.1, 0.15) is 11.5 Å². The third-order valence-corrected chi connectivity index (χ3v) is 2.48. The van der Waals surface area contributed by atoms with Crippen LogP contribution in [0.1, 0.15) is 24.9 Å². The van der Waals surface area contributed by atoms with Gasteiger partial charge in [0.05, 0.1) is 12.3 Å². The first-order valence-corrected chi connectivity index (χ1v) is 6.43. The van der Waals surface area contributed by atoms with Gasteiger partial charge in [-0.1, -0.05) is 0 Å². The first-order valence-electron chi connectivity index (χ1n) is 5.03. The molecular weight excluding hydrogens is 206 g/mol. The Balaban J connectivity index is 2.21. The van der Waals surface area contributed by atoms with E-state index >= 15 is 0 Å². The molecule has 0 aromatic carbocycles. The number of rotatable bonds is 6. The predicted octanol–water partition coefficient (Wildman–Crippen LogP) is 2.65. The molecule has 0 bridgehead atoms. The zero-order chi connectivity index (χ0) is 10.9. The topological polar surface area (TPSA) is 25.2 Å². The summed E-state index contributed by atoms with van der Waals surface area (Å²) in [5, 5.41) is 3.29. The van der Waals surface area contributed by atoms with E-state index in [9.17, 15) is 0 Å². The third-order valence-electron chi connectivity index (χ3n) is 1.91. The fourth-order valence-corrected chi connectivity index (χ4v) is 1.66. The van der Waals surface area contributed by atoms with Crippen LogP contribution < -0.4 is 5.32 Å². The second-order valence-electron chi connectivity index (χ2n) is 3.15. The maximum Gasteiger partial charge on any atom is 0.118 e. The minimum atomic E-state index is 0.791. The molecule has 15 heavy (non-hydrogen) atoms. The lowest BCUT2D eigenvalue weighted by molar-refractivity contribution is 0.461. The highest BCUT2D eigenvalue weighted by atomic mass is 32.2. The molecule has 1 rings (SSSR count). The lowest BCUT2D eigenvalue weighted by atomic mass is 10.4. The second-order valence-corrected chi connectivity index (χ2v) is 4.02. The van der Waals surface area contributed by atoms with Gasteiger partial charge in [-0.05, 0) is 25.3 Å². The molecule has 0 radical (unpaired) electrons. The molecule has 0 saturated heterocycles. The van der Waals surface area contributed by atoms with Crippen molar-refractivity contribution in [2.45, 2.75) is 25.6 Å². The largest absolute Gasteiger partial charge is 0.464 e. The first kappa shape index (κ1) is 12.2. The second kappa shape index (κ2) is 7.44. The van der Waals surface area contributed by atoms with E-state index < -0.39 is 0 Å². The van der Waals surface area contributed by atoms with Crippen molar-refractivity contribution in [2.24, 2.45) is 0 Å². The Morgan fingerprint density at radius 3 is 2.93 bits per heavy atom. The van der Waals surface area contributed by atoms with Crippen LogP contribution in [0.4, 0.5) is 0 Å². The van der Waals surface area contributed by atoms with Crippen LogP contribution in [0.3, 0.4) is 0 Å². The van der Waals surface area contributed by atoms with Crippen LogP contribution >= 0.6 is 11.8 Å². The van der Waals surface area contributed by atoms with E-state index in [1.165, 1.54) is 0 Å². The Hall–Kier alpha value is -0.850. The molecule has 82 valence electrons. The molecule has 0 amide bonds. The van der Waals surface area contributed by atoms with Gasteiger partial charge in [-0.15, -0.1) is 11.8 Å². The fourth-order valence-electron chi connectivity index (χ4n) is 1.22. The summed E-state index contributed by atoms with van der Waals surface area (Å²) >= 11 is 1.77. The Labute approximate surface area is 95.8 Å². The maximum absolute atomic E-state index is 5.61. The quantitative estimate of drug-likeness (QED) is 0.593. The summed E-state index contributed by atoms with van der Waals surface area (Å²) in [4.78, 5) is 0. The van der Waals surface area contributed by atoms with E-state index in [1.54, 1.807) is 11.8 Å². The number of hydrogen-bond acceptors (Lipinski definition) is 3. The van der Waals surface area contributed by atoms with Crippen molar-refractivity contribution < 1.29 is 4.42 Å². The fraction of sp³-hybridized carbons (Fsp3) is 0.500. The molecule has 2 nitrogen and oxygen atoms in total. The highest BCUT2D eigenvalue weighted by Crippen LogP contribution is 2.12. The minimum Gasteiger partial charge on any atom is -0.464 e. The van der Waals surface area contributed by atoms with E-state index in [2.05, 4.69) is 23.4 Å². The van der Waals surface area contributed by atoms with Gasteiger partial charge >= 0.3 is 0 Å². The smallest absolute Gasteiger partial charge is 0.118 e. The van der Waals surface area contributed by atoms with Crippen LogP contribution in [0.15, 0.2) is 16.5 Å². The summed E-state index contributed by atoms with van der Waals surface area (Å²) in [6, 6.07) is 4.07. The summed E-state index contributed by atoms with van der Waals surface area (Å²) in [7, 11) is 0. The van der Waals surface area contributed by atoms with Crippen LogP contribution in [0.2, 0.25) is 0 Å². The van der Waals surface area contributed by atoms with Gasteiger partial charge in [-0.3, -0.25) is 0 Å². The molecule has 0 aliphatic rings. The minimum absolute atomic E-state index is 0.791. The van der Waals surface area contributed by atoms with Crippen molar-refractivity contribution >= 4 is 11.8 Å². The van der Waals surface area contributed by atoms with E-state index in [4.69, 9.17) is 4.42 Å². The maximum atomic E-state index is 5.61. The van der Waals surface area contributed by atoms with Gasteiger partial charge in [0, 0.05) is 13.0 Å². The molecular formula is C12H17NOS. The summed E-state index contributed by atoms with van der Waals surface area (Å²) in [6.07, 6.45) is 2.97. The molecule has 0 fully saturated rings. The van der Waals surface area contributed by atoms with Crippen LogP contribution in [-0.4, -0.2) is 12.8 Å². The Bertz CT molecular complexity index is 335. The van der Waals surface area contributed by atoms with Crippen molar-refractivity contribution in [2.75, 3.05) is 12.8 Å². The van der Waals surface area contributed by atoms with Gasteiger partial charge < -0.3 is 9.73 Å². The third kappa shape index (κ3) is 4.96. The molecule has 0 aliphatic heterocycles. The van der Waals surface area contributed by atoms with Crippen molar-refractivity contribution in [1.82, 2.24) is 5.32 Å². The Morgan fingerprint density at radius 2 is 2.20 bits per heavy atom. The highest BCUT2D eigenvalue weighted by molar-refractivity contribution is 7.97. The normalized spacial score (nSPS) is 9.73. The van der Waals surface area contributed by atoms with Crippen molar-refractivity contribution in [3.8, 4) is 11.8 Å². The van der Waals surface area contributed by atoms with Crippen molar-refractivity contribution in [3.63, 3.8) is 0 Å². The van der Waals surface area contributed by atoms with Gasteiger partial charge in [0.25, 0.3) is 0 Å². The average molecular weight is 223 g/mol. The van der Waals surface area contributed by atoms with Crippen LogP contribution in [-0.2, 0) is 12.3 Å². The van der Waals surface area contributed by atoms with Crippen molar-refractivity contribution in [1.29, 1.82) is 0 Å². The number of furan rings is 1. The van der Waals surface area contributed by atoms with Gasteiger partial charge in [0.2, 0.25) is 0 Å². The Kier molecular flexibility index (Phi) is 6.06. The average Bonchev–Trinajstić information content (AvgIpc) is 2.66. The zero-order valence-electron chi connectivity index (χ0n) is 9.30. The molecule has 1 N–H and O–H groups in total. The molecule has 1 aromatic rings. The number of nitrogens with one attached hydrogen (secondary N) is 1. The molecule has 0 unspecified atom stereocenters. The predicted molar refractivity (Wildman–Crippen MR) is 65.7 cm³/mol. The zero-order valence-corrected chi connectivity index (χ0v) is 10.1.